The molecular weight excluding hydrogens is 1430 g/mol. The molecule has 6 aliphatic rings. The second kappa shape index (κ2) is 25.2. The van der Waals surface area contributed by atoms with E-state index in [0.717, 1.165) is 59.2 Å². The maximum absolute atomic E-state index is 12.6. The minimum absolute atomic E-state index is 0. The van der Waals surface area contributed by atoms with Crippen molar-refractivity contribution in [2.45, 2.75) is 84.4 Å². The van der Waals surface area contributed by atoms with Crippen molar-refractivity contribution in [1.29, 1.82) is 15.8 Å². The molecule has 0 atom stereocenters. The van der Waals surface area contributed by atoms with Crippen molar-refractivity contribution in [1.82, 2.24) is 86.5 Å². The number of alkyl halides is 3. The molecule has 12 heterocycles. The van der Waals surface area contributed by atoms with E-state index >= 15 is 0 Å². The van der Waals surface area contributed by atoms with Crippen molar-refractivity contribution >= 4 is 70.8 Å². The van der Waals surface area contributed by atoms with Gasteiger partial charge in [0.25, 0.3) is 0 Å². The third kappa shape index (κ3) is 13.0. The molecule has 3 saturated carbocycles. The Kier molecular flexibility index (Phi) is 18.1. The summed E-state index contributed by atoms with van der Waals surface area (Å²) in [6.45, 7) is 1.64. The van der Waals surface area contributed by atoms with E-state index in [1.54, 1.807) is 66.8 Å². The van der Waals surface area contributed by atoms with E-state index in [1.807, 2.05) is 42.7 Å². The van der Waals surface area contributed by atoms with Crippen LogP contribution in [0.4, 0.5) is 31.0 Å². The number of aromatic nitrogens is 15. The fourth-order valence-corrected chi connectivity index (χ4v) is 16.4. The van der Waals surface area contributed by atoms with E-state index in [0.29, 0.717) is 42.7 Å². The normalized spacial score (nSPS) is 17.8. The van der Waals surface area contributed by atoms with Gasteiger partial charge in [0.05, 0.1) is 65.4 Å². The number of hydrogen-bond acceptors (Lipinski definition) is 21. The van der Waals surface area contributed by atoms with E-state index < -0.39 is 59.2 Å². The smallest absolute Gasteiger partial charge is 0.366 e. The van der Waals surface area contributed by atoms with Crippen LogP contribution in [0.25, 0.3) is 50.3 Å². The number of hydrogen-bond donors (Lipinski definition) is 4. The number of nitriles is 3. The number of carbonyl (C=O) groups is 1. The van der Waals surface area contributed by atoms with Crippen molar-refractivity contribution in [3.8, 4) is 51.6 Å². The summed E-state index contributed by atoms with van der Waals surface area (Å²) < 4.78 is 123. The van der Waals surface area contributed by atoms with Crippen molar-refractivity contribution in [3.63, 3.8) is 0 Å². The molecule has 92 heavy (non-hydrogen) atoms. The number of allylic oxidation sites excluding steroid dienone is 1. The molecule has 3 aliphatic heterocycles. The molecule has 0 aromatic carbocycles. The third-order valence-corrected chi connectivity index (χ3v) is 22.7. The van der Waals surface area contributed by atoms with Gasteiger partial charge in [-0.15, -0.1) is 15.3 Å². The molecule has 31 nitrogen and oxygen atoms in total. The Bertz CT molecular complexity index is 4760. The van der Waals surface area contributed by atoms with Crippen LogP contribution in [0.2, 0.25) is 0 Å². The number of fused-ring (bicyclic) bond motifs is 3. The number of rotatable bonds is 14. The van der Waals surface area contributed by atoms with Gasteiger partial charge in [0.2, 0.25) is 47.9 Å². The topological polar surface area (TPSA) is 420 Å². The Balaban J connectivity index is 0.000000143. The van der Waals surface area contributed by atoms with Crippen molar-refractivity contribution in [2.24, 2.45) is 0 Å². The number of nitrogens with two attached hydrogens (primary N) is 2. The molecular formula is C54H56F3N24O7S3W-. The average molecular weight is 1490 g/mol. The number of nitrogen functional groups attached to an aromatic ring is 2. The zero-order valence-electron chi connectivity index (χ0n) is 48.6. The molecule has 1 amide bonds. The molecule has 6 fully saturated rings. The quantitative estimate of drug-likeness (QED) is 0.0894. The van der Waals surface area contributed by atoms with Crippen molar-refractivity contribution in [2.75, 3.05) is 56.1 Å². The molecule has 3 saturated heterocycles. The number of amides is 1. The minimum Gasteiger partial charge on any atom is -0.366 e. The Hall–Kier alpha value is -9.02. The number of sulfonamides is 3. The van der Waals surface area contributed by atoms with Crippen molar-refractivity contribution < 1.29 is 64.3 Å². The number of aromatic amines is 1. The predicted molar refractivity (Wildman–Crippen MR) is 320 cm³/mol. The molecule has 38 heteroatoms. The zero-order valence-corrected chi connectivity index (χ0v) is 54.0. The molecule has 0 spiro atoms. The van der Waals surface area contributed by atoms with Crippen LogP contribution in [0.15, 0.2) is 104 Å². The second-order valence-electron chi connectivity index (χ2n) is 22.3. The summed E-state index contributed by atoms with van der Waals surface area (Å²) in [5.74, 6) is -2.25. The summed E-state index contributed by atoms with van der Waals surface area (Å²) >= 11 is 0. The van der Waals surface area contributed by atoms with E-state index in [4.69, 9.17) is 16.7 Å². The van der Waals surface area contributed by atoms with Gasteiger partial charge in [0.15, 0.2) is 16.9 Å². The predicted octanol–water partition coefficient (Wildman–Crippen LogP) is 3.50. The first-order valence-electron chi connectivity index (χ1n) is 27.8. The van der Waals surface area contributed by atoms with Crippen LogP contribution in [0.3, 0.4) is 0 Å². The zero-order chi connectivity index (χ0) is 63.5. The van der Waals surface area contributed by atoms with E-state index in [2.05, 4.69) is 62.8 Å². The SMILES string of the molecule is N#CC=C1CN(S(=O)(=O)C2CC2)C1.N#CCC1(n2cc(-c3cccn4nc(N)nc34)cn2)CN(S(=O)(=O)C2CC2)C1.N#CCC1(n2cc(-c3cccn4nc(NC(=O)C(F)(F)F)nc34)cn2)CN(S(=O)(=O)C2CC2)C1.Nc1nc2c(-c3cn[nH]c3)cccn2n1.[CH3-].[W]. The number of pyridine rings is 3. The molecule has 9 aromatic rings. The summed E-state index contributed by atoms with van der Waals surface area (Å²) in [4.78, 5) is 23.6. The summed E-state index contributed by atoms with van der Waals surface area (Å²) in [7, 11) is -9.62. The van der Waals surface area contributed by atoms with Crippen LogP contribution in [-0.2, 0) is 67.0 Å². The van der Waals surface area contributed by atoms with Gasteiger partial charge in [0, 0.05) is 137 Å². The van der Waals surface area contributed by atoms with Crippen LogP contribution in [0.1, 0.15) is 51.4 Å². The number of anilines is 3. The van der Waals surface area contributed by atoms with Crippen LogP contribution in [0, 0.1) is 41.4 Å². The van der Waals surface area contributed by atoms with Crippen LogP contribution in [-0.4, -0.2) is 179 Å². The monoisotopic (exact) mass is 1490 g/mol. The molecule has 15 rings (SSSR count). The number of nitrogens with zero attached hydrogens (tertiary/aromatic N) is 20. The number of carbonyl (C=O) groups excluding carboxylic acids is 1. The van der Waals surface area contributed by atoms with Crippen LogP contribution >= 0.6 is 0 Å². The molecule has 0 radical (unpaired) electrons. The number of nitrogens with one attached hydrogen (secondary N) is 2. The molecule has 480 valence electrons. The average Bonchev–Trinajstić information content (AvgIpc) is 1.37. The van der Waals surface area contributed by atoms with Gasteiger partial charge in [0.1, 0.15) is 11.1 Å². The van der Waals surface area contributed by atoms with E-state index in [1.165, 1.54) is 35.9 Å². The Labute approximate surface area is 537 Å². The number of halogens is 3. The molecule has 3 aliphatic carbocycles. The Morgan fingerprint density at radius 2 is 1.05 bits per heavy atom. The largest absolute Gasteiger partial charge is 0.471 e. The van der Waals surface area contributed by atoms with Crippen molar-refractivity contribution in [3.05, 3.63) is 111 Å². The second-order valence-corrected chi connectivity index (χ2v) is 29.0. The molecule has 0 unspecified atom stereocenters. The summed E-state index contributed by atoms with van der Waals surface area (Å²) in [5.41, 5.74) is 16.8. The van der Waals surface area contributed by atoms with E-state index in [9.17, 15) is 53.7 Å². The van der Waals surface area contributed by atoms with Gasteiger partial charge in [-0.05, 0) is 80.5 Å². The molecule has 0 bridgehead atoms. The van der Waals surface area contributed by atoms with Gasteiger partial charge in [-0.1, -0.05) is 0 Å². The fraction of sp³-hybridized carbons (Fsp3) is 0.370. The maximum Gasteiger partial charge on any atom is 0.471 e. The van der Waals surface area contributed by atoms with Gasteiger partial charge in [-0.25, -0.2) is 38.8 Å². The standard InChI is InChI=1S/C19H17F3N8O3S.C17H18N8O2S.C9H8N6.C8H10N2O2S.CH3.W/c20-19(21,22)16(31)26-17-25-15-14(2-1-7-29(15)27-17)12-8-24-30(9-12)18(5-6-23)10-28(11-18)34(32,33)13-3-4-13;18-6-5-17(10-23(11-17)28(26,27)13-3-4-13)25-9-12(8-20-25)14-2-1-7-24-15(14)21-16(19)22-24;10-9-13-8-7(6-4-11-12-5-6)2-1-3-15(8)14-9;9-4-3-7-5-10(6-7)13(11,12)8-1-2-8;;/h1-2,7-9,13H,3-5,10-11H2,(H,26,27,31);1-2,7-9,13H,3-5,10-11H2,(H2,19,22);1-5H,(H2,10,14)(H,11,12);3,8H,1-2,5-6H2;1H3;/q;;;;-1;. The minimum atomic E-state index is -5.08. The number of H-pyrrole nitrogens is 1. The van der Waals surface area contributed by atoms with Gasteiger partial charge < -0.3 is 18.9 Å². The maximum atomic E-state index is 12.6. The fourth-order valence-electron chi connectivity index (χ4n) is 10.5. The first-order valence-corrected chi connectivity index (χ1v) is 32.3. The Morgan fingerprint density at radius 1 is 0.641 bits per heavy atom. The molecule has 6 N–H and O–H groups in total. The summed E-state index contributed by atoms with van der Waals surface area (Å²) in [6.07, 6.45) is 16.1. The molecule has 9 aromatic heterocycles. The summed E-state index contributed by atoms with van der Waals surface area (Å²) in [6, 6.07) is 17.0. The van der Waals surface area contributed by atoms with Gasteiger partial charge >= 0.3 is 12.1 Å². The van der Waals surface area contributed by atoms with Crippen LogP contribution in [0.5, 0.6) is 0 Å². The third-order valence-electron chi connectivity index (χ3n) is 15.8. The Morgan fingerprint density at radius 3 is 1.45 bits per heavy atom. The van der Waals surface area contributed by atoms with Gasteiger partial charge in [-0.3, -0.25) is 24.6 Å². The first kappa shape index (κ1) is 65.9. The van der Waals surface area contributed by atoms with Gasteiger partial charge in [-0.2, -0.15) is 72.1 Å². The van der Waals surface area contributed by atoms with Crippen LogP contribution < -0.4 is 16.8 Å². The van der Waals surface area contributed by atoms with E-state index in [-0.39, 0.29) is 101 Å². The first-order chi connectivity index (χ1) is 42.9. The summed E-state index contributed by atoms with van der Waals surface area (Å²) in [5, 5.41) is 55.3.